The van der Waals surface area contributed by atoms with E-state index in [1.165, 1.54) is 0 Å². The fourth-order valence-corrected chi connectivity index (χ4v) is 0.630. The molecule has 1 aliphatic heterocycles. The Kier molecular flexibility index (Phi) is 1.25. The van der Waals surface area contributed by atoms with Gasteiger partial charge in [-0.05, 0) is 15.9 Å². The average molecular weight is 178 g/mol. The van der Waals surface area contributed by atoms with Crippen LogP contribution in [0.1, 0.15) is 0 Å². The molecule has 0 bridgehead atoms. The normalized spacial score (nSPS) is 19.4. The summed E-state index contributed by atoms with van der Waals surface area (Å²) in [5, 5.41) is 0. The van der Waals surface area contributed by atoms with Gasteiger partial charge in [0.05, 0.1) is 5.70 Å². The Morgan fingerprint density at radius 2 is 2.38 bits per heavy atom. The number of ether oxygens (including phenoxy) is 1. The van der Waals surface area contributed by atoms with Crippen molar-refractivity contribution in [2.75, 3.05) is 6.61 Å². The number of halogens is 1. The van der Waals surface area contributed by atoms with Crippen molar-refractivity contribution in [3.63, 3.8) is 0 Å². The summed E-state index contributed by atoms with van der Waals surface area (Å²) in [6.45, 7) is 0.222. The largest absolute Gasteiger partial charge is 0.455 e. The molecule has 1 rings (SSSR count). The highest BCUT2D eigenvalue weighted by molar-refractivity contribution is 9.12. The van der Waals surface area contributed by atoms with Crippen LogP contribution in [0.2, 0.25) is 0 Å². The van der Waals surface area contributed by atoms with Gasteiger partial charge in [-0.15, -0.1) is 0 Å². The molecule has 4 heteroatoms. The van der Waals surface area contributed by atoms with Gasteiger partial charge >= 0.3 is 5.97 Å². The summed E-state index contributed by atoms with van der Waals surface area (Å²) >= 11 is 2.95. The molecule has 8 heavy (non-hydrogen) atoms. The van der Waals surface area contributed by atoms with E-state index in [1.807, 2.05) is 0 Å². The van der Waals surface area contributed by atoms with E-state index in [4.69, 9.17) is 5.73 Å². The van der Waals surface area contributed by atoms with Crippen LogP contribution in [0.5, 0.6) is 0 Å². The zero-order valence-electron chi connectivity index (χ0n) is 3.98. The van der Waals surface area contributed by atoms with Crippen LogP contribution >= 0.6 is 15.9 Å². The van der Waals surface area contributed by atoms with E-state index in [0.29, 0.717) is 10.2 Å². The number of carbonyl (C=O) groups is 1. The minimum absolute atomic E-state index is 0.222. The maximum absolute atomic E-state index is 10.4. The summed E-state index contributed by atoms with van der Waals surface area (Å²) in [6.07, 6.45) is 0. The summed E-state index contributed by atoms with van der Waals surface area (Å²) in [6, 6.07) is 0. The van der Waals surface area contributed by atoms with Gasteiger partial charge < -0.3 is 10.5 Å². The van der Waals surface area contributed by atoms with E-state index in [9.17, 15) is 4.79 Å². The molecule has 1 aliphatic rings. The van der Waals surface area contributed by atoms with Crippen LogP contribution < -0.4 is 5.73 Å². The lowest BCUT2D eigenvalue weighted by Gasteiger charge is -1.85. The molecule has 0 aromatic carbocycles. The highest BCUT2D eigenvalue weighted by Crippen LogP contribution is 2.16. The molecule has 0 saturated carbocycles. The third-order valence-corrected chi connectivity index (χ3v) is 1.65. The number of cyclic esters (lactones) is 1. The number of rotatable bonds is 0. The number of hydrogen-bond donors (Lipinski definition) is 1. The lowest BCUT2D eigenvalue weighted by molar-refractivity contribution is -0.135. The fraction of sp³-hybridized carbons (Fsp3) is 0.250. The van der Waals surface area contributed by atoms with E-state index in [0.717, 1.165) is 0 Å². The van der Waals surface area contributed by atoms with Crippen LogP contribution in [0.15, 0.2) is 10.2 Å². The van der Waals surface area contributed by atoms with Gasteiger partial charge in [0.15, 0.2) is 0 Å². The summed E-state index contributed by atoms with van der Waals surface area (Å²) in [5.74, 6) is -0.373. The molecule has 0 fully saturated rings. The highest BCUT2D eigenvalue weighted by atomic mass is 79.9. The van der Waals surface area contributed by atoms with Crippen LogP contribution in [-0.4, -0.2) is 12.6 Å². The van der Waals surface area contributed by atoms with Gasteiger partial charge in [-0.25, -0.2) is 4.79 Å². The van der Waals surface area contributed by atoms with Crippen LogP contribution in [0.3, 0.4) is 0 Å². The first-order valence-electron chi connectivity index (χ1n) is 2.03. The Labute approximate surface area is 54.6 Å². The first-order chi connectivity index (χ1) is 3.72. The minimum atomic E-state index is -0.373. The maximum atomic E-state index is 10.4. The topological polar surface area (TPSA) is 52.3 Å². The van der Waals surface area contributed by atoms with E-state index in [1.54, 1.807) is 0 Å². The van der Waals surface area contributed by atoms with Crippen LogP contribution in [0, 0.1) is 0 Å². The molecule has 3 nitrogen and oxygen atoms in total. The van der Waals surface area contributed by atoms with Gasteiger partial charge in [-0.2, -0.15) is 0 Å². The number of carbonyl (C=O) groups excluding carboxylic acids is 1. The number of esters is 1. The Hall–Kier alpha value is -0.510. The molecule has 0 amide bonds. The van der Waals surface area contributed by atoms with Crippen molar-refractivity contribution in [3.8, 4) is 0 Å². The number of nitrogens with two attached hydrogens (primary N) is 1. The second kappa shape index (κ2) is 1.78. The molecule has 0 aliphatic carbocycles. The van der Waals surface area contributed by atoms with E-state index >= 15 is 0 Å². The van der Waals surface area contributed by atoms with Crippen molar-refractivity contribution in [1.82, 2.24) is 0 Å². The molecule has 1 heterocycles. The van der Waals surface area contributed by atoms with Crippen LogP contribution in [0.25, 0.3) is 0 Å². The average Bonchev–Trinajstić information content (AvgIpc) is 1.98. The zero-order chi connectivity index (χ0) is 6.15. The van der Waals surface area contributed by atoms with Crippen molar-refractivity contribution < 1.29 is 9.53 Å². The molecule has 0 radical (unpaired) electrons. The Morgan fingerprint density at radius 3 is 2.50 bits per heavy atom. The third-order valence-electron chi connectivity index (χ3n) is 0.820. The Bertz CT molecular complexity index is 163. The van der Waals surface area contributed by atoms with Crippen molar-refractivity contribution in [1.29, 1.82) is 0 Å². The first-order valence-corrected chi connectivity index (χ1v) is 2.82. The predicted molar refractivity (Wildman–Crippen MR) is 31.1 cm³/mol. The quantitative estimate of drug-likeness (QED) is 0.535. The minimum Gasteiger partial charge on any atom is -0.455 e. The Balaban J connectivity index is 2.86. The standard InChI is InChI=1S/C4H4BrNO2/c5-3-2(6)1-8-4(3)7/h1,6H2. The second-order valence-corrected chi connectivity index (χ2v) is 2.21. The third kappa shape index (κ3) is 0.709. The van der Waals surface area contributed by atoms with Gasteiger partial charge in [0.2, 0.25) is 0 Å². The fourth-order valence-electron chi connectivity index (χ4n) is 0.401. The zero-order valence-corrected chi connectivity index (χ0v) is 5.56. The molecular formula is C4H4BrNO2. The SMILES string of the molecule is NC1=C(Br)C(=O)OC1. The van der Waals surface area contributed by atoms with E-state index < -0.39 is 0 Å². The van der Waals surface area contributed by atoms with Crippen molar-refractivity contribution >= 4 is 21.9 Å². The van der Waals surface area contributed by atoms with Gasteiger partial charge in [0, 0.05) is 0 Å². The van der Waals surface area contributed by atoms with E-state index in [2.05, 4.69) is 20.7 Å². The van der Waals surface area contributed by atoms with Crippen LogP contribution in [-0.2, 0) is 9.53 Å². The molecule has 44 valence electrons. The van der Waals surface area contributed by atoms with Gasteiger partial charge in [0.25, 0.3) is 0 Å². The smallest absolute Gasteiger partial charge is 0.347 e. The molecule has 0 atom stereocenters. The summed E-state index contributed by atoms with van der Waals surface area (Å²) in [7, 11) is 0. The van der Waals surface area contributed by atoms with Crippen molar-refractivity contribution in [2.45, 2.75) is 0 Å². The van der Waals surface area contributed by atoms with Gasteiger partial charge in [-0.3, -0.25) is 0 Å². The summed E-state index contributed by atoms with van der Waals surface area (Å²) in [5.41, 5.74) is 5.72. The molecular weight excluding hydrogens is 174 g/mol. The highest BCUT2D eigenvalue weighted by Gasteiger charge is 2.19. The maximum Gasteiger partial charge on any atom is 0.347 e. The summed E-state index contributed by atoms with van der Waals surface area (Å²) in [4.78, 5) is 10.4. The molecule has 2 N–H and O–H groups in total. The van der Waals surface area contributed by atoms with Crippen molar-refractivity contribution in [3.05, 3.63) is 10.2 Å². The molecule has 0 aromatic rings. The second-order valence-electron chi connectivity index (χ2n) is 1.42. The number of hydrogen-bond acceptors (Lipinski definition) is 3. The molecule has 0 saturated heterocycles. The van der Waals surface area contributed by atoms with Gasteiger partial charge in [-0.1, -0.05) is 0 Å². The predicted octanol–water partition coefficient (Wildman–Crippen LogP) is 0.108. The van der Waals surface area contributed by atoms with Gasteiger partial charge in [0.1, 0.15) is 11.1 Å². The molecule has 0 spiro atoms. The first kappa shape index (κ1) is 5.62. The van der Waals surface area contributed by atoms with Crippen molar-refractivity contribution in [2.24, 2.45) is 5.73 Å². The molecule has 0 aromatic heterocycles. The monoisotopic (exact) mass is 177 g/mol. The Morgan fingerprint density at radius 1 is 1.75 bits per heavy atom. The lowest BCUT2D eigenvalue weighted by Crippen LogP contribution is -1.98. The lowest BCUT2D eigenvalue weighted by atomic mass is 10.5. The van der Waals surface area contributed by atoms with E-state index in [-0.39, 0.29) is 12.6 Å². The summed E-state index contributed by atoms with van der Waals surface area (Å²) < 4.78 is 4.85. The van der Waals surface area contributed by atoms with Crippen LogP contribution in [0.4, 0.5) is 0 Å². The molecule has 0 unspecified atom stereocenters.